The van der Waals surface area contributed by atoms with Crippen LogP contribution in [0.1, 0.15) is 55.8 Å². The van der Waals surface area contributed by atoms with Crippen LogP contribution in [0.15, 0.2) is 6.07 Å². The molecule has 0 aliphatic heterocycles. The van der Waals surface area contributed by atoms with Crippen molar-refractivity contribution in [3.8, 4) is 0 Å². The Morgan fingerprint density at radius 3 is 2.61 bits per heavy atom. The first-order chi connectivity index (χ1) is 8.49. The van der Waals surface area contributed by atoms with E-state index in [0.717, 1.165) is 18.5 Å². The molecule has 0 aromatic carbocycles. The van der Waals surface area contributed by atoms with Gasteiger partial charge in [-0.25, -0.2) is 0 Å². The molecule has 1 unspecified atom stereocenters. The summed E-state index contributed by atoms with van der Waals surface area (Å²) in [7, 11) is 0. The van der Waals surface area contributed by atoms with Gasteiger partial charge in [-0.2, -0.15) is 5.10 Å². The molecule has 0 saturated heterocycles. The molecule has 0 aliphatic carbocycles. The summed E-state index contributed by atoms with van der Waals surface area (Å²) >= 11 is 0. The Labute approximate surface area is 108 Å². The number of aromatic nitrogens is 2. The molecule has 5 heteroatoms. The Morgan fingerprint density at radius 1 is 1.50 bits per heavy atom. The van der Waals surface area contributed by atoms with Crippen LogP contribution in [-0.2, 0) is 0 Å². The standard InChI is InChI=1S/C13H23N3O2/c1-5-11(6-2)16-9(3)7-12(15-16)13(18)14-8-10(4)17/h7,10-11,17H,5-6,8H2,1-4H3,(H,14,18). The van der Waals surface area contributed by atoms with Crippen LogP contribution in [0.5, 0.6) is 0 Å². The molecule has 2 N–H and O–H groups in total. The van der Waals surface area contributed by atoms with Gasteiger partial charge >= 0.3 is 0 Å². The van der Waals surface area contributed by atoms with Crippen molar-refractivity contribution in [3.05, 3.63) is 17.5 Å². The minimum Gasteiger partial charge on any atom is -0.392 e. The quantitative estimate of drug-likeness (QED) is 0.810. The van der Waals surface area contributed by atoms with Crippen LogP contribution >= 0.6 is 0 Å². The van der Waals surface area contributed by atoms with Gasteiger partial charge in [-0.05, 0) is 32.8 Å². The van der Waals surface area contributed by atoms with Gasteiger partial charge < -0.3 is 10.4 Å². The fourth-order valence-corrected chi connectivity index (χ4v) is 1.93. The Bertz CT molecular complexity index is 395. The van der Waals surface area contributed by atoms with Gasteiger partial charge in [0.05, 0.1) is 12.1 Å². The molecule has 0 spiro atoms. The molecule has 1 atom stereocenters. The fraction of sp³-hybridized carbons (Fsp3) is 0.692. The van der Waals surface area contributed by atoms with E-state index in [1.165, 1.54) is 0 Å². The second-order valence-electron chi connectivity index (χ2n) is 4.64. The number of carbonyl (C=O) groups is 1. The van der Waals surface area contributed by atoms with Crippen LogP contribution in [0.2, 0.25) is 0 Å². The van der Waals surface area contributed by atoms with E-state index in [0.29, 0.717) is 11.7 Å². The van der Waals surface area contributed by atoms with Crippen LogP contribution in [-0.4, -0.2) is 33.4 Å². The average Bonchev–Trinajstić information content (AvgIpc) is 2.70. The Morgan fingerprint density at radius 2 is 2.11 bits per heavy atom. The summed E-state index contributed by atoms with van der Waals surface area (Å²) in [5.41, 5.74) is 1.41. The average molecular weight is 253 g/mol. The van der Waals surface area contributed by atoms with Gasteiger partial charge in [0.25, 0.3) is 5.91 Å². The number of nitrogens with zero attached hydrogens (tertiary/aromatic N) is 2. The Hall–Kier alpha value is -1.36. The summed E-state index contributed by atoms with van der Waals surface area (Å²) in [5.74, 6) is -0.233. The Balaban J connectivity index is 2.80. The van der Waals surface area contributed by atoms with Gasteiger partial charge in [-0.3, -0.25) is 9.48 Å². The topological polar surface area (TPSA) is 67.2 Å². The lowest BCUT2D eigenvalue weighted by Crippen LogP contribution is -2.31. The lowest BCUT2D eigenvalue weighted by Gasteiger charge is -2.14. The van der Waals surface area contributed by atoms with E-state index < -0.39 is 6.10 Å². The maximum absolute atomic E-state index is 11.8. The highest BCUT2D eigenvalue weighted by Crippen LogP contribution is 2.17. The van der Waals surface area contributed by atoms with Crippen LogP contribution < -0.4 is 5.32 Å². The zero-order valence-corrected chi connectivity index (χ0v) is 11.6. The number of rotatable bonds is 6. The normalized spacial score (nSPS) is 12.8. The smallest absolute Gasteiger partial charge is 0.271 e. The zero-order chi connectivity index (χ0) is 13.7. The first-order valence-electron chi connectivity index (χ1n) is 6.51. The molecule has 0 saturated carbocycles. The molecule has 5 nitrogen and oxygen atoms in total. The molecule has 0 aliphatic rings. The molecule has 1 amide bonds. The van der Waals surface area contributed by atoms with Gasteiger partial charge in [0.15, 0.2) is 0 Å². The molecular formula is C13H23N3O2. The van der Waals surface area contributed by atoms with Crippen LogP contribution in [0, 0.1) is 6.92 Å². The van der Waals surface area contributed by atoms with Crippen LogP contribution in [0.25, 0.3) is 0 Å². The van der Waals surface area contributed by atoms with Crippen molar-refractivity contribution in [2.24, 2.45) is 0 Å². The van der Waals surface area contributed by atoms with Gasteiger partial charge in [0, 0.05) is 12.2 Å². The molecule has 1 heterocycles. The fourth-order valence-electron chi connectivity index (χ4n) is 1.93. The van der Waals surface area contributed by atoms with E-state index in [9.17, 15) is 4.79 Å². The number of carbonyl (C=O) groups excluding carboxylic acids is 1. The predicted octanol–water partition coefficient (Wildman–Crippen LogP) is 1.66. The first kappa shape index (κ1) is 14.7. The van der Waals surface area contributed by atoms with Crippen molar-refractivity contribution in [1.29, 1.82) is 0 Å². The summed E-state index contributed by atoms with van der Waals surface area (Å²) < 4.78 is 1.91. The van der Waals surface area contributed by atoms with Crippen LogP contribution in [0.3, 0.4) is 0 Å². The molecule has 0 radical (unpaired) electrons. The van der Waals surface area contributed by atoms with Crippen molar-refractivity contribution >= 4 is 5.91 Å². The third kappa shape index (κ3) is 3.57. The monoisotopic (exact) mass is 253 g/mol. The van der Waals surface area contributed by atoms with E-state index in [2.05, 4.69) is 24.3 Å². The SMILES string of the molecule is CCC(CC)n1nc(C(=O)NCC(C)O)cc1C. The summed E-state index contributed by atoms with van der Waals surface area (Å²) in [6.45, 7) is 8.06. The zero-order valence-electron chi connectivity index (χ0n) is 11.6. The minimum absolute atomic E-state index is 0.233. The van der Waals surface area contributed by atoms with Crippen molar-refractivity contribution < 1.29 is 9.90 Å². The highest BCUT2D eigenvalue weighted by molar-refractivity contribution is 5.92. The third-order valence-electron chi connectivity index (χ3n) is 3.00. The van der Waals surface area contributed by atoms with Crippen molar-refractivity contribution in [2.45, 2.75) is 52.7 Å². The lowest BCUT2D eigenvalue weighted by atomic mass is 10.2. The van der Waals surface area contributed by atoms with E-state index in [1.807, 2.05) is 11.6 Å². The number of hydrogen-bond donors (Lipinski definition) is 2. The van der Waals surface area contributed by atoms with Gasteiger partial charge in [-0.1, -0.05) is 13.8 Å². The lowest BCUT2D eigenvalue weighted by molar-refractivity contribution is 0.0918. The second-order valence-corrected chi connectivity index (χ2v) is 4.64. The molecule has 102 valence electrons. The van der Waals surface area contributed by atoms with Crippen molar-refractivity contribution in [3.63, 3.8) is 0 Å². The second kappa shape index (κ2) is 6.54. The number of aliphatic hydroxyl groups is 1. The largest absolute Gasteiger partial charge is 0.392 e. The maximum Gasteiger partial charge on any atom is 0.271 e. The number of hydrogen-bond acceptors (Lipinski definition) is 3. The van der Waals surface area contributed by atoms with Gasteiger partial charge in [0.2, 0.25) is 0 Å². The first-order valence-corrected chi connectivity index (χ1v) is 6.51. The molecule has 0 fully saturated rings. The van der Waals surface area contributed by atoms with Gasteiger partial charge in [0.1, 0.15) is 5.69 Å². The highest BCUT2D eigenvalue weighted by Gasteiger charge is 2.16. The molecule has 0 bridgehead atoms. The highest BCUT2D eigenvalue weighted by atomic mass is 16.3. The summed E-state index contributed by atoms with van der Waals surface area (Å²) in [6.07, 6.45) is 1.44. The van der Waals surface area contributed by atoms with Crippen molar-refractivity contribution in [2.75, 3.05) is 6.54 Å². The maximum atomic E-state index is 11.8. The number of aryl methyl sites for hydroxylation is 1. The minimum atomic E-state index is -0.545. The van der Waals surface area contributed by atoms with E-state index in [1.54, 1.807) is 13.0 Å². The molecule has 18 heavy (non-hydrogen) atoms. The summed E-state index contributed by atoms with van der Waals surface area (Å²) in [6, 6.07) is 2.12. The molecule has 1 aromatic rings. The van der Waals surface area contributed by atoms with Gasteiger partial charge in [-0.15, -0.1) is 0 Å². The molecular weight excluding hydrogens is 230 g/mol. The summed E-state index contributed by atoms with van der Waals surface area (Å²) in [5, 5.41) is 16.1. The van der Waals surface area contributed by atoms with E-state index in [-0.39, 0.29) is 12.5 Å². The van der Waals surface area contributed by atoms with Crippen molar-refractivity contribution in [1.82, 2.24) is 15.1 Å². The van der Waals surface area contributed by atoms with E-state index >= 15 is 0 Å². The predicted molar refractivity (Wildman–Crippen MR) is 70.6 cm³/mol. The number of amides is 1. The molecule has 1 rings (SSSR count). The number of nitrogens with one attached hydrogen (secondary N) is 1. The van der Waals surface area contributed by atoms with E-state index in [4.69, 9.17) is 5.11 Å². The Kier molecular flexibility index (Phi) is 5.34. The summed E-state index contributed by atoms with van der Waals surface area (Å²) in [4.78, 5) is 11.8. The van der Waals surface area contributed by atoms with Crippen LogP contribution in [0.4, 0.5) is 0 Å². The number of aliphatic hydroxyl groups excluding tert-OH is 1. The molecule has 1 aromatic heterocycles. The third-order valence-corrected chi connectivity index (χ3v) is 3.00.